The molecule has 0 aliphatic heterocycles. The topological polar surface area (TPSA) is 62.2 Å². The molecule has 3 aromatic rings. The number of amides is 2. The van der Waals surface area contributed by atoms with E-state index < -0.39 is 0 Å². The molecule has 3 rings (SSSR count). The molecule has 0 radical (unpaired) electrons. The summed E-state index contributed by atoms with van der Waals surface area (Å²) in [4.78, 5) is 14.5. The average molecular weight is 392 g/mol. The number of carbonyl (C=O) groups is 1. The zero-order valence-corrected chi connectivity index (χ0v) is 17.8. The van der Waals surface area contributed by atoms with Crippen LogP contribution in [0.3, 0.4) is 0 Å². The predicted octanol–water partition coefficient (Wildman–Crippen LogP) is 4.24. The molecule has 0 saturated carbocycles. The molecular weight excluding hydrogens is 362 g/mol. The molecular formula is C23H29N5O. The van der Waals surface area contributed by atoms with Gasteiger partial charge in [-0.2, -0.15) is 5.10 Å². The molecule has 2 N–H and O–H groups in total. The van der Waals surface area contributed by atoms with Crippen LogP contribution in [0.1, 0.15) is 28.1 Å². The Kier molecular flexibility index (Phi) is 6.22. The minimum atomic E-state index is -0.222. The van der Waals surface area contributed by atoms with E-state index in [1.54, 1.807) is 0 Å². The number of nitrogens with zero attached hydrogens (tertiary/aromatic N) is 3. The van der Waals surface area contributed by atoms with Crippen LogP contribution >= 0.6 is 0 Å². The van der Waals surface area contributed by atoms with Crippen molar-refractivity contribution in [3.8, 4) is 0 Å². The van der Waals surface area contributed by atoms with Crippen molar-refractivity contribution in [2.75, 3.05) is 24.3 Å². The van der Waals surface area contributed by atoms with Gasteiger partial charge in [0.1, 0.15) is 0 Å². The summed E-state index contributed by atoms with van der Waals surface area (Å²) in [5.74, 6) is 0. The van der Waals surface area contributed by atoms with Crippen LogP contribution in [0, 0.1) is 20.8 Å². The minimum Gasteiger partial charge on any atom is -0.378 e. The van der Waals surface area contributed by atoms with Crippen LogP contribution in [0.4, 0.5) is 16.2 Å². The van der Waals surface area contributed by atoms with Crippen LogP contribution in [0.25, 0.3) is 0 Å². The van der Waals surface area contributed by atoms with Gasteiger partial charge in [-0.3, -0.25) is 4.68 Å². The summed E-state index contributed by atoms with van der Waals surface area (Å²) < 4.78 is 1.99. The second kappa shape index (κ2) is 8.82. The lowest BCUT2D eigenvalue weighted by Gasteiger charge is -2.16. The van der Waals surface area contributed by atoms with Crippen molar-refractivity contribution in [3.05, 3.63) is 76.6 Å². The zero-order valence-electron chi connectivity index (χ0n) is 17.8. The smallest absolute Gasteiger partial charge is 0.319 e. The number of carbonyl (C=O) groups excluding carboxylic acids is 1. The lowest BCUT2D eigenvalue weighted by molar-refractivity contribution is 0.251. The Labute approximate surface area is 172 Å². The maximum Gasteiger partial charge on any atom is 0.319 e. The fourth-order valence-corrected chi connectivity index (χ4v) is 3.30. The summed E-state index contributed by atoms with van der Waals surface area (Å²) in [5.41, 5.74) is 7.19. The lowest BCUT2D eigenvalue weighted by Crippen LogP contribution is -2.29. The first-order chi connectivity index (χ1) is 13.8. The number of nitrogens with one attached hydrogen (secondary N) is 2. The van der Waals surface area contributed by atoms with Crippen LogP contribution in [-0.2, 0) is 13.1 Å². The Morgan fingerprint density at radius 3 is 2.45 bits per heavy atom. The van der Waals surface area contributed by atoms with Crippen molar-refractivity contribution in [2.24, 2.45) is 0 Å². The van der Waals surface area contributed by atoms with Gasteiger partial charge in [0.2, 0.25) is 0 Å². The predicted molar refractivity (Wildman–Crippen MR) is 119 cm³/mol. The van der Waals surface area contributed by atoms with Crippen LogP contribution in [0.5, 0.6) is 0 Å². The Hall–Kier alpha value is -3.28. The summed E-state index contributed by atoms with van der Waals surface area (Å²) in [6, 6.07) is 16.0. The highest BCUT2D eigenvalue weighted by Gasteiger charge is 2.13. The van der Waals surface area contributed by atoms with E-state index in [0.29, 0.717) is 6.54 Å². The van der Waals surface area contributed by atoms with Gasteiger partial charge in [-0.15, -0.1) is 0 Å². The minimum absolute atomic E-state index is 0.222. The van der Waals surface area contributed by atoms with Gasteiger partial charge in [-0.05, 0) is 50.1 Å². The van der Waals surface area contributed by atoms with Gasteiger partial charge in [-0.1, -0.05) is 30.3 Å². The molecule has 1 heterocycles. The summed E-state index contributed by atoms with van der Waals surface area (Å²) in [6.07, 6.45) is 0. The molecule has 0 aliphatic carbocycles. The highest BCUT2D eigenvalue weighted by Crippen LogP contribution is 2.21. The number of aromatic nitrogens is 2. The first kappa shape index (κ1) is 20.5. The first-order valence-electron chi connectivity index (χ1n) is 9.74. The van der Waals surface area contributed by atoms with Crippen molar-refractivity contribution in [1.82, 2.24) is 15.1 Å². The standard InChI is InChI=1S/C23H29N5O/c1-16-13-20(27(4)5)11-12-22(16)25-23(29)24-14-21-17(2)26-28(18(21)3)15-19-9-7-6-8-10-19/h6-13H,14-15H2,1-5H3,(H2,24,25,29). The van der Waals surface area contributed by atoms with Gasteiger partial charge in [0.15, 0.2) is 0 Å². The molecule has 0 atom stereocenters. The Bertz CT molecular complexity index is 992. The first-order valence-corrected chi connectivity index (χ1v) is 9.74. The number of aryl methyl sites for hydroxylation is 2. The summed E-state index contributed by atoms with van der Waals surface area (Å²) in [5, 5.41) is 10.5. The third-order valence-corrected chi connectivity index (χ3v) is 5.11. The Morgan fingerprint density at radius 1 is 1.07 bits per heavy atom. The zero-order chi connectivity index (χ0) is 21.0. The number of urea groups is 1. The fourth-order valence-electron chi connectivity index (χ4n) is 3.30. The van der Waals surface area contributed by atoms with Gasteiger partial charge < -0.3 is 15.5 Å². The molecule has 0 bridgehead atoms. The van der Waals surface area contributed by atoms with Crippen molar-refractivity contribution >= 4 is 17.4 Å². The van der Waals surface area contributed by atoms with Crippen molar-refractivity contribution in [2.45, 2.75) is 33.9 Å². The summed E-state index contributed by atoms with van der Waals surface area (Å²) in [7, 11) is 3.99. The highest BCUT2D eigenvalue weighted by atomic mass is 16.2. The van der Waals surface area contributed by atoms with Crippen LogP contribution in [-0.4, -0.2) is 29.9 Å². The van der Waals surface area contributed by atoms with Crippen molar-refractivity contribution < 1.29 is 4.79 Å². The number of hydrogen-bond acceptors (Lipinski definition) is 3. The second-order valence-electron chi connectivity index (χ2n) is 7.49. The summed E-state index contributed by atoms with van der Waals surface area (Å²) in [6.45, 7) is 7.17. The van der Waals surface area contributed by atoms with Gasteiger partial charge in [0, 0.05) is 43.3 Å². The maximum atomic E-state index is 12.4. The van der Waals surface area contributed by atoms with Crippen LogP contribution in [0.15, 0.2) is 48.5 Å². The molecule has 0 aliphatic rings. The molecule has 2 aromatic carbocycles. The fraction of sp³-hybridized carbons (Fsp3) is 0.304. The number of anilines is 2. The third kappa shape index (κ3) is 4.96. The van der Waals surface area contributed by atoms with Gasteiger partial charge in [0.25, 0.3) is 0 Å². The molecule has 2 amide bonds. The molecule has 0 unspecified atom stereocenters. The van der Waals surface area contributed by atoms with Crippen LogP contribution in [0.2, 0.25) is 0 Å². The normalized spacial score (nSPS) is 10.7. The van der Waals surface area contributed by atoms with E-state index in [1.807, 2.05) is 74.8 Å². The van der Waals surface area contributed by atoms with Crippen molar-refractivity contribution in [1.29, 1.82) is 0 Å². The number of hydrogen-bond donors (Lipinski definition) is 2. The molecule has 6 nitrogen and oxygen atoms in total. The lowest BCUT2D eigenvalue weighted by atomic mass is 10.1. The number of benzene rings is 2. The molecule has 0 fully saturated rings. The van der Waals surface area contributed by atoms with Crippen molar-refractivity contribution in [3.63, 3.8) is 0 Å². The Balaban J connectivity index is 1.63. The Morgan fingerprint density at radius 2 is 1.79 bits per heavy atom. The molecule has 1 aromatic heterocycles. The molecule has 29 heavy (non-hydrogen) atoms. The monoisotopic (exact) mass is 391 g/mol. The average Bonchev–Trinajstić information content (AvgIpc) is 2.95. The quantitative estimate of drug-likeness (QED) is 0.660. The van der Waals surface area contributed by atoms with E-state index in [9.17, 15) is 4.79 Å². The number of rotatable bonds is 6. The summed E-state index contributed by atoms with van der Waals surface area (Å²) >= 11 is 0. The van der Waals surface area contributed by atoms with E-state index in [0.717, 1.165) is 40.4 Å². The van der Waals surface area contributed by atoms with E-state index in [2.05, 4.69) is 33.9 Å². The highest BCUT2D eigenvalue weighted by molar-refractivity contribution is 5.90. The van der Waals surface area contributed by atoms with E-state index in [1.165, 1.54) is 5.56 Å². The molecule has 152 valence electrons. The maximum absolute atomic E-state index is 12.4. The SMILES string of the molecule is Cc1cc(N(C)C)ccc1NC(=O)NCc1c(C)nn(Cc2ccccc2)c1C. The van der Waals surface area contributed by atoms with Gasteiger partial charge in [0.05, 0.1) is 12.2 Å². The van der Waals surface area contributed by atoms with E-state index >= 15 is 0 Å². The third-order valence-electron chi connectivity index (χ3n) is 5.11. The largest absolute Gasteiger partial charge is 0.378 e. The van der Waals surface area contributed by atoms with E-state index in [-0.39, 0.29) is 6.03 Å². The molecule has 6 heteroatoms. The van der Waals surface area contributed by atoms with Gasteiger partial charge in [-0.25, -0.2) is 4.79 Å². The second-order valence-corrected chi connectivity index (χ2v) is 7.49. The van der Waals surface area contributed by atoms with E-state index in [4.69, 9.17) is 0 Å². The molecule has 0 spiro atoms. The van der Waals surface area contributed by atoms with Gasteiger partial charge >= 0.3 is 6.03 Å². The van der Waals surface area contributed by atoms with Crippen LogP contribution < -0.4 is 15.5 Å². The molecule has 0 saturated heterocycles.